The average Bonchev–Trinajstić information content (AvgIpc) is 2.82. The Morgan fingerprint density at radius 1 is 1.24 bits per heavy atom. The molecule has 0 bridgehead atoms. The molecule has 0 saturated carbocycles. The monoisotopic (exact) mass is 319 g/mol. The van der Waals surface area contributed by atoms with Crippen LogP contribution in [-0.4, -0.2) is 17.8 Å². The van der Waals surface area contributed by atoms with E-state index in [1.54, 1.807) is 23.1 Å². The van der Waals surface area contributed by atoms with E-state index >= 15 is 0 Å². The SMILES string of the molecule is CC(C)Oc1ccc([C@H]2SCC(=O)Nc3ccsc32)cc1. The molecular weight excluding hydrogens is 302 g/mol. The van der Waals surface area contributed by atoms with Gasteiger partial charge in [0.05, 0.1) is 22.8 Å². The van der Waals surface area contributed by atoms with Crippen LogP contribution in [0.4, 0.5) is 5.69 Å². The van der Waals surface area contributed by atoms with Gasteiger partial charge < -0.3 is 10.1 Å². The zero-order chi connectivity index (χ0) is 14.8. The van der Waals surface area contributed by atoms with Crippen LogP contribution in [0, 0.1) is 0 Å². The summed E-state index contributed by atoms with van der Waals surface area (Å²) in [6.07, 6.45) is 0.175. The molecule has 1 aromatic carbocycles. The Morgan fingerprint density at radius 3 is 2.71 bits per heavy atom. The van der Waals surface area contributed by atoms with Gasteiger partial charge in [-0.2, -0.15) is 0 Å². The minimum absolute atomic E-state index is 0.0712. The lowest BCUT2D eigenvalue weighted by atomic mass is 10.1. The number of thiophene rings is 1. The third-order valence-electron chi connectivity index (χ3n) is 3.14. The van der Waals surface area contributed by atoms with Gasteiger partial charge in [-0.3, -0.25) is 4.79 Å². The Kier molecular flexibility index (Phi) is 4.22. The number of rotatable bonds is 3. The molecule has 1 aliphatic rings. The van der Waals surface area contributed by atoms with Gasteiger partial charge in [0.25, 0.3) is 0 Å². The van der Waals surface area contributed by atoms with Crippen LogP contribution < -0.4 is 10.1 Å². The smallest absolute Gasteiger partial charge is 0.234 e. The first-order valence-corrected chi connectivity index (χ1v) is 8.82. The first kappa shape index (κ1) is 14.5. The summed E-state index contributed by atoms with van der Waals surface area (Å²) in [6.45, 7) is 4.04. The van der Waals surface area contributed by atoms with E-state index in [1.165, 1.54) is 10.4 Å². The van der Waals surface area contributed by atoms with Crippen molar-refractivity contribution in [1.82, 2.24) is 0 Å². The summed E-state index contributed by atoms with van der Waals surface area (Å²) in [5.74, 6) is 1.44. The van der Waals surface area contributed by atoms with Crippen molar-refractivity contribution in [3.63, 3.8) is 0 Å². The maximum Gasteiger partial charge on any atom is 0.234 e. The van der Waals surface area contributed by atoms with Gasteiger partial charge >= 0.3 is 0 Å². The summed E-state index contributed by atoms with van der Waals surface area (Å²) < 4.78 is 5.68. The molecular formula is C16H17NO2S2. The van der Waals surface area contributed by atoms with Gasteiger partial charge in [-0.15, -0.1) is 23.1 Å². The quantitative estimate of drug-likeness (QED) is 0.916. The van der Waals surface area contributed by atoms with Gasteiger partial charge in [0.1, 0.15) is 5.75 Å². The van der Waals surface area contributed by atoms with Crippen LogP contribution in [0.1, 0.15) is 29.5 Å². The van der Waals surface area contributed by atoms with Gasteiger partial charge in [-0.1, -0.05) is 12.1 Å². The molecule has 0 unspecified atom stereocenters. The van der Waals surface area contributed by atoms with Crippen LogP contribution in [0.2, 0.25) is 0 Å². The number of benzene rings is 1. The second-order valence-electron chi connectivity index (χ2n) is 5.17. The third-order valence-corrected chi connectivity index (χ3v) is 5.54. The lowest BCUT2D eigenvalue weighted by Gasteiger charge is -2.15. The minimum atomic E-state index is 0.0712. The number of hydrogen-bond donors (Lipinski definition) is 1. The highest BCUT2D eigenvalue weighted by molar-refractivity contribution is 8.00. The maximum atomic E-state index is 11.7. The molecule has 0 fully saturated rings. The van der Waals surface area contributed by atoms with E-state index in [9.17, 15) is 4.79 Å². The highest BCUT2D eigenvalue weighted by atomic mass is 32.2. The van der Waals surface area contributed by atoms with Crippen molar-refractivity contribution < 1.29 is 9.53 Å². The molecule has 3 rings (SSSR count). The molecule has 1 atom stereocenters. The molecule has 0 spiro atoms. The topological polar surface area (TPSA) is 38.3 Å². The molecule has 110 valence electrons. The Balaban J connectivity index is 1.88. The number of anilines is 1. The van der Waals surface area contributed by atoms with E-state index in [4.69, 9.17) is 4.74 Å². The van der Waals surface area contributed by atoms with Crippen LogP contribution in [0.15, 0.2) is 35.7 Å². The molecule has 1 amide bonds. The standard InChI is InChI=1S/C16H17NO2S2/c1-10(2)19-12-5-3-11(4-6-12)15-16-13(7-8-20-16)17-14(18)9-21-15/h3-8,10,15H,9H2,1-2H3,(H,17,18)/t15-/m1/s1. The third kappa shape index (κ3) is 3.24. The van der Waals surface area contributed by atoms with Crippen molar-refractivity contribution in [2.75, 3.05) is 11.1 Å². The molecule has 1 N–H and O–H groups in total. The molecule has 5 heteroatoms. The Labute approximate surface area is 132 Å². The van der Waals surface area contributed by atoms with Crippen LogP contribution >= 0.6 is 23.1 Å². The predicted octanol–water partition coefficient (Wildman–Crippen LogP) is 4.31. The molecule has 21 heavy (non-hydrogen) atoms. The maximum absolute atomic E-state index is 11.7. The number of amides is 1. The van der Waals surface area contributed by atoms with Crippen molar-refractivity contribution in [3.05, 3.63) is 46.2 Å². The largest absolute Gasteiger partial charge is 0.491 e. The van der Waals surface area contributed by atoms with E-state index in [0.717, 1.165) is 11.4 Å². The summed E-state index contributed by atoms with van der Waals surface area (Å²) in [4.78, 5) is 13.0. The van der Waals surface area contributed by atoms with Crippen molar-refractivity contribution in [2.45, 2.75) is 25.2 Å². The van der Waals surface area contributed by atoms with Gasteiger partial charge in [-0.25, -0.2) is 0 Å². The van der Waals surface area contributed by atoms with E-state index < -0.39 is 0 Å². The zero-order valence-corrected chi connectivity index (χ0v) is 13.6. The van der Waals surface area contributed by atoms with Gasteiger partial charge in [0.15, 0.2) is 0 Å². The summed E-state index contributed by atoms with van der Waals surface area (Å²) in [6, 6.07) is 10.2. The molecule has 2 aromatic rings. The van der Waals surface area contributed by atoms with Crippen molar-refractivity contribution >= 4 is 34.7 Å². The summed E-state index contributed by atoms with van der Waals surface area (Å²) >= 11 is 3.36. The Hall–Kier alpha value is -1.46. The van der Waals surface area contributed by atoms with Crippen molar-refractivity contribution in [2.24, 2.45) is 0 Å². The minimum Gasteiger partial charge on any atom is -0.491 e. The number of nitrogens with one attached hydrogen (secondary N) is 1. The predicted molar refractivity (Wildman–Crippen MR) is 89.5 cm³/mol. The van der Waals surface area contributed by atoms with E-state index in [0.29, 0.717) is 5.75 Å². The molecule has 0 saturated heterocycles. The first-order chi connectivity index (χ1) is 10.1. The van der Waals surface area contributed by atoms with E-state index in [-0.39, 0.29) is 17.3 Å². The number of fused-ring (bicyclic) bond motifs is 1. The number of ether oxygens (including phenoxy) is 1. The second kappa shape index (κ2) is 6.12. The van der Waals surface area contributed by atoms with Gasteiger partial charge in [0.2, 0.25) is 5.91 Å². The second-order valence-corrected chi connectivity index (χ2v) is 7.21. The van der Waals surface area contributed by atoms with Crippen LogP contribution in [0.5, 0.6) is 5.75 Å². The van der Waals surface area contributed by atoms with Crippen LogP contribution in [-0.2, 0) is 4.79 Å². The van der Waals surface area contributed by atoms with Crippen LogP contribution in [0.3, 0.4) is 0 Å². The van der Waals surface area contributed by atoms with Gasteiger partial charge in [-0.05, 0) is 43.0 Å². The number of carbonyl (C=O) groups is 1. The normalized spacial score (nSPS) is 18.0. The number of thioether (sulfide) groups is 1. The first-order valence-electron chi connectivity index (χ1n) is 6.89. The molecule has 0 radical (unpaired) electrons. The Morgan fingerprint density at radius 2 is 2.00 bits per heavy atom. The fourth-order valence-corrected chi connectivity index (χ4v) is 4.53. The summed E-state index contributed by atoms with van der Waals surface area (Å²) in [7, 11) is 0. The molecule has 1 aromatic heterocycles. The fraction of sp³-hybridized carbons (Fsp3) is 0.312. The van der Waals surface area contributed by atoms with Crippen LogP contribution in [0.25, 0.3) is 0 Å². The highest BCUT2D eigenvalue weighted by Crippen LogP contribution is 2.44. The average molecular weight is 319 g/mol. The van der Waals surface area contributed by atoms with Crippen molar-refractivity contribution in [1.29, 1.82) is 0 Å². The summed E-state index contributed by atoms with van der Waals surface area (Å²) in [5, 5.41) is 5.19. The molecule has 3 nitrogen and oxygen atoms in total. The fourth-order valence-electron chi connectivity index (χ4n) is 2.29. The molecule has 1 aliphatic heterocycles. The lowest BCUT2D eigenvalue weighted by molar-refractivity contribution is -0.113. The highest BCUT2D eigenvalue weighted by Gasteiger charge is 2.25. The van der Waals surface area contributed by atoms with Crippen molar-refractivity contribution in [3.8, 4) is 5.75 Å². The summed E-state index contributed by atoms with van der Waals surface area (Å²) in [5.41, 5.74) is 2.15. The number of carbonyl (C=O) groups excluding carboxylic acids is 1. The molecule has 0 aliphatic carbocycles. The van der Waals surface area contributed by atoms with E-state index in [2.05, 4.69) is 17.4 Å². The van der Waals surface area contributed by atoms with E-state index in [1.807, 2.05) is 37.4 Å². The zero-order valence-electron chi connectivity index (χ0n) is 12.0. The van der Waals surface area contributed by atoms with Gasteiger partial charge in [0, 0.05) is 4.88 Å². The Bertz CT molecular complexity index is 634. The number of hydrogen-bond acceptors (Lipinski definition) is 4. The molecule has 2 heterocycles. The lowest BCUT2D eigenvalue weighted by Crippen LogP contribution is -2.11.